The maximum absolute atomic E-state index is 13.1. The van der Waals surface area contributed by atoms with E-state index in [0.717, 1.165) is 22.9 Å². The molecule has 2 unspecified atom stereocenters. The molecule has 1 aromatic carbocycles. The van der Waals surface area contributed by atoms with E-state index in [1.165, 1.54) is 0 Å². The van der Waals surface area contributed by atoms with Gasteiger partial charge in [-0.05, 0) is 55.9 Å². The standard InChI is InChI=1S/C19H27N3O3S/c1-5-20-19(23)18-14(4)16-9-15(6-7-17(16)21-18)26(24,25)22-10-12(2)8-13(3)11-22/h6-7,9,12-13,21H,5,8,10-11H2,1-4H3,(H,20,23). The van der Waals surface area contributed by atoms with E-state index < -0.39 is 10.0 Å². The second-order valence-corrected chi connectivity index (χ2v) is 9.40. The van der Waals surface area contributed by atoms with E-state index in [1.54, 1.807) is 22.5 Å². The van der Waals surface area contributed by atoms with E-state index in [9.17, 15) is 13.2 Å². The lowest BCUT2D eigenvalue weighted by Gasteiger charge is -2.34. The van der Waals surface area contributed by atoms with Gasteiger partial charge in [-0.2, -0.15) is 4.31 Å². The average molecular weight is 378 g/mol. The van der Waals surface area contributed by atoms with Crippen LogP contribution in [0.3, 0.4) is 0 Å². The van der Waals surface area contributed by atoms with Crippen LogP contribution in [0, 0.1) is 18.8 Å². The van der Waals surface area contributed by atoms with Crippen molar-refractivity contribution in [3.63, 3.8) is 0 Å². The third-order valence-corrected chi connectivity index (χ3v) is 6.89. The Balaban J connectivity index is 2.00. The number of carbonyl (C=O) groups is 1. The number of sulfonamides is 1. The van der Waals surface area contributed by atoms with Gasteiger partial charge in [0.05, 0.1) is 4.90 Å². The number of carbonyl (C=O) groups excluding carboxylic acids is 1. The molecule has 1 amide bonds. The summed E-state index contributed by atoms with van der Waals surface area (Å²) in [6.07, 6.45) is 1.05. The fourth-order valence-corrected chi connectivity index (χ4v) is 5.60. The predicted octanol–water partition coefficient (Wildman–Crippen LogP) is 2.89. The highest BCUT2D eigenvalue weighted by Gasteiger charge is 2.32. The molecule has 6 nitrogen and oxygen atoms in total. The van der Waals surface area contributed by atoms with E-state index in [-0.39, 0.29) is 10.8 Å². The summed E-state index contributed by atoms with van der Waals surface area (Å²) in [5, 5.41) is 3.54. The molecule has 1 saturated heterocycles. The van der Waals surface area contributed by atoms with E-state index >= 15 is 0 Å². The molecular weight excluding hydrogens is 350 g/mol. The molecule has 3 rings (SSSR count). The van der Waals surface area contributed by atoms with Crippen molar-refractivity contribution >= 4 is 26.8 Å². The molecule has 1 aromatic heterocycles. The van der Waals surface area contributed by atoms with Gasteiger partial charge in [-0.3, -0.25) is 4.79 Å². The van der Waals surface area contributed by atoms with Crippen molar-refractivity contribution in [3.8, 4) is 0 Å². The number of aryl methyl sites for hydroxylation is 1. The van der Waals surface area contributed by atoms with Crippen LogP contribution >= 0.6 is 0 Å². The van der Waals surface area contributed by atoms with E-state index in [2.05, 4.69) is 24.1 Å². The average Bonchev–Trinajstić information content (AvgIpc) is 2.91. The summed E-state index contributed by atoms with van der Waals surface area (Å²) < 4.78 is 27.8. The number of amides is 1. The number of piperidine rings is 1. The number of H-pyrrole nitrogens is 1. The van der Waals surface area contributed by atoms with Crippen LogP contribution in [0.4, 0.5) is 0 Å². The molecule has 2 atom stereocenters. The largest absolute Gasteiger partial charge is 0.351 e. The van der Waals surface area contributed by atoms with Gasteiger partial charge in [-0.15, -0.1) is 0 Å². The highest BCUT2D eigenvalue weighted by Crippen LogP contribution is 2.30. The molecular formula is C19H27N3O3S. The Labute approximate surface area is 155 Å². The Bertz CT molecular complexity index is 923. The van der Waals surface area contributed by atoms with Crippen LogP contribution in [0.5, 0.6) is 0 Å². The molecule has 1 aliphatic heterocycles. The third kappa shape index (κ3) is 3.38. The van der Waals surface area contributed by atoms with Gasteiger partial charge >= 0.3 is 0 Å². The maximum atomic E-state index is 13.1. The van der Waals surface area contributed by atoms with Crippen molar-refractivity contribution in [1.29, 1.82) is 0 Å². The zero-order valence-corrected chi connectivity index (χ0v) is 16.6. The Morgan fingerprint density at radius 3 is 2.54 bits per heavy atom. The summed E-state index contributed by atoms with van der Waals surface area (Å²) in [6, 6.07) is 5.05. The minimum Gasteiger partial charge on any atom is -0.351 e. The first-order valence-corrected chi connectivity index (χ1v) is 10.6. The topological polar surface area (TPSA) is 82.3 Å². The first kappa shape index (κ1) is 18.9. The number of aromatic nitrogens is 1. The van der Waals surface area contributed by atoms with Crippen LogP contribution in [0.2, 0.25) is 0 Å². The fraction of sp³-hybridized carbons (Fsp3) is 0.526. The van der Waals surface area contributed by atoms with Crippen LogP contribution in [0.25, 0.3) is 10.9 Å². The molecule has 1 fully saturated rings. The molecule has 2 N–H and O–H groups in total. The zero-order chi connectivity index (χ0) is 19.1. The Hall–Kier alpha value is -1.86. The molecule has 0 spiro atoms. The van der Waals surface area contributed by atoms with Gasteiger partial charge in [0.1, 0.15) is 5.69 Å². The summed E-state index contributed by atoms with van der Waals surface area (Å²) in [7, 11) is -3.54. The monoisotopic (exact) mass is 377 g/mol. The van der Waals surface area contributed by atoms with Crippen LogP contribution in [-0.2, 0) is 10.0 Å². The summed E-state index contributed by atoms with van der Waals surface area (Å²) in [4.78, 5) is 15.6. The molecule has 0 radical (unpaired) electrons. The number of aromatic amines is 1. The Morgan fingerprint density at radius 1 is 1.27 bits per heavy atom. The number of hydrogen-bond donors (Lipinski definition) is 2. The molecule has 0 saturated carbocycles. The first-order chi connectivity index (χ1) is 12.2. The van der Waals surface area contributed by atoms with Crippen LogP contribution in [0.1, 0.15) is 43.2 Å². The van der Waals surface area contributed by atoms with Crippen molar-refractivity contribution in [3.05, 3.63) is 29.5 Å². The predicted molar refractivity (Wildman–Crippen MR) is 103 cm³/mol. The zero-order valence-electron chi connectivity index (χ0n) is 15.8. The summed E-state index contributed by atoms with van der Waals surface area (Å²) in [5.41, 5.74) is 2.02. The molecule has 142 valence electrons. The first-order valence-electron chi connectivity index (χ1n) is 9.14. The lowest BCUT2D eigenvalue weighted by molar-refractivity contribution is 0.0951. The minimum atomic E-state index is -3.54. The molecule has 2 heterocycles. The van der Waals surface area contributed by atoms with Crippen LogP contribution in [-0.4, -0.2) is 43.2 Å². The molecule has 7 heteroatoms. The Morgan fingerprint density at radius 2 is 1.92 bits per heavy atom. The van der Waals surface area contributed by atoms with E-state index in [1.807, 2.05) is 13.8 Å². The molecule has 0 bridgehead atoms. The molecule has 26 heavy (non-hydrogen) atoms. The normalized spacial score (nSPS) is 21.8. The number of nitrogens with one attached hydrogen (secondary N) is 2. The minimum absolute atomic E-state index is 0.177. The molecule has 0 aliphatic carbocycles. The van der Waals surface area contributed by atoms with Gasteiger partial charge in [-0.1, -0.05) is 13.8 Å². The summed E-state index contributed by atoms with van der Waals surface area (Å²) in [5.74, 6) is 0.537. The van der Waals surface area contributed by atoms with Gasteiger partial charge in [0.15, 0.2) is 0 Å². The fourth-order valence-electron chi connectivity index (χ4n) is 3.89. The van der Waals surface area contributed by atoms with Crippen LogP contribution < -0.4 is 5.32 Å². The van der Waals surface area contributed by atoms with Gasteiger partial charge in [0.25, 0.3) is 5.91 Å². The number of rotatable bonds is 4. The highest BCUT2D eigenvalue weighted by atomic mass is 32.2. The number of benzene rings is 1. The van der Waals surface area contributed by atoms with Gasteiger partial charge < -0.3 is 10.3 Å². The summed E-state index contributed by atoms with van der Waals surface area (Å²) >= 11 is 0. The van der Waals surface area contributed by atoms with Crippen molar-refractivity contribution in [2.75, 3.05) is 19.6 Å². The molecule has 2 aromatic rings. The second kappa shape index (κ2) is 7.04. The summed E-state index contributed by atoms with van der Waals surface area (Å²) in [6.45, 7) is 9.54. The van der Waals surface area contributed by atoms with Crippen molar-refractivity contribution in [1.82, 2.24) is 14.6 Å². The lowest BCUT2D eigenvalue weighted by Crippen LogP contribution is -2.42. The van der Waals surface area contributed by atoms with E-state index in [4.69, 9.17) is 0 Å². The Kier molecular flexibility index (Phi) is 5.12. The van der Waals surface area contributed by atoms with Gasteiger partial charge in [-0.25, -0.2) is 8.42 Å². The second-order valence-electron chi connectivity index (χ2n) is 7.46. The number of nitrogens with zero attached hydrogens (tertiary/aromatic N) is 1. The van der Waals surface area contributed by atoms with E-state index in [0.29, 0.717) is 37.2 Å². The van der Waals surface area contributed by atoms with Crippen LogP contribution in [0.15, 0.2) is 23.1 Å². The smallest absolute Gasteiger partial charge is 0.267 e. The maximum Gasteiger partial charge on any atom is 0.267 e. The number of hydrogen-bond acceptors (Lipinski definition) is 3. The number of fused-ring (bicyclic) bond motifs is 1. The van der Waals surface area contributed by atoms with Crippen molar-refractivity contribution in [2.45, 2.75) is 39.0 Å². The van der Waals surface area contributed by atoms with Gasteiger partial charge in [0.2, 0.25) is 10.0 Å². The van der Waals surface area contributed by atoms with Crippen molar-refractivity contribution in [2.24, 2.45) is 11.8 Å². The van der Waals surface area contributed by atoms with Crippen molar-refractivity contribution < 1.29 is 13.2 Å². The quantitative estimate of drug-likeness (QED) is 0.859. The molecule has 1 aliphatic rings. The SMILES string of the molecule is CCNC(=O)c1[nH]c2ccc(S(=O)(=O)N3CC(C)CC(C)C3)cc2c1C. The highest BCUT2D eigenvalue weighted by molar-refractivity contribution is 7.89. The lowest BCUT2D eigenvalue weighted by atomic mass is 9.94. The van der Waals surface area contributed by atoms with Gasteiger partial charge in [0, 0.05) is 30.5 Å². The third-order valence-electron chi connectivity index (χ3n) is 5.07.